The van der Waals surface area contributed by atoms with Gasteiger partial charge in [0.2, 0.25) is 6.79 Å². The summed E-state index contributed by atoms with van der Waals surface area (Å²) in [5, 5.41) is 0.972. The van der Waals surface area contributed by atoms with Crippen molar-refractivity contribution in [1.82, 2.24) is 4.57 Å². The molecule has 6 rings (SSSR count). The van der Waals surface area contributed by atoms with Crippen LogP contribution in [0.1, 0.15) is 31.2 Å². The minimum absolute atomic E-state index is 0.105. The maximum atomic E-state index is 13.8. The molecular weight excluding hydrogens is 563 g/mol. The third kappa shape index (κ3) is 4.56. The Morgan fingerprint density at radius 1 is 1.15 bits per heavy atom. The smallest absolute Gasteiger partial charge is 0.338 e. The van der Waals surface area contributed by atoms with Crippen molar-refractivity contribution in [2.24, 2.45) is 4.99 Å². The normalized spacial score (nSPS) is 16.3. The summed E-state index contributed by atoms with van der Waals surface area (Å²) < 4.78 is 24.2. The van der Waals surface area contributed by atoms with E-state index < -0.39 is 12.0 Å². The highest BCUT2D eigenvalue weighted by molar-refractivity contribution is 7.07. The van der Waals surface area contributed by atoms with Crippen LogP contribution in [0.2, 0.25) is 10.0 Å². The quantitative estimate of drug-likeness (QED) is 0.304. The average Bonchev–Trinajstić information content (AvgIpc) is 3.63. The standard InChI is InChI=1S/C28H20Cl2N2O6S/c1-3-35-27(34)24-14(2)31-28-32(25(24)15-4-8-21-22(10-15)37-13-36-21)26(33)23(39-28)12-17-6-9-20(38-17)18-7-5-16(29)11-19(18)30/h4-12,25H,3,13H2,1-2H3/b23-12-. The zero-order valence-electron chi connectivity index (χ0n) is 20.7. The third-order valence-corrected chi connectivity index (χ3v) is 7.86. The molecule has 1 unspecified atom stereocenters. The van der Waals surface area contributed by atoms with E-state index in [1.165, 1.54) is 15.9 Å². The maximum absolute atomic E-state index is 13.8. The zero-order chi connectivity index (χ0) is 27.3. The minimum Gasteiger partial charge on any atom is -0.463 e. The van der Waals surface area contributed by atoms with Crippen LogP contribution in [0, 0.1) is 0 Å². The van der Waals surface area contributed by atoms with Gasteiger partial charge in [-0.2, -0.15) is 0 Å². The molecule has 198 valence electrons. The number of thiazole rings is 1. The Labute approximate surface area is 236 Å². The van der Waals surface area contributed by atoms with E-state index in [0.717, 1.165) is 0 Å². The summed E-state index contributed by atoms with van der Waals surface area (Å²) in [6.45, 7) is 3.76. The molecule has 0 radical (unpaired) electrons. The Bertz CT molecular complexity index is 1850. The lowest BCUT2D eigenvalue weighted by molar-refractivity contribution is -0.139. The first kappa shape index (κ1) is 25.5. The molecule has 0 N–H and O–H groups in total. The molecule has 0 bridgehead atoms. The largest absolute Gasteiger partial charge is 0.463 e. The van der Waals surface area contributed by atoms with Crippen molar-refractivity contribution in [3.8, 4) is 22.8 Å². The molecule has 0 saturated heterocycles. The van der Waals surface area contributed by atoms with E-state index in [2.05, 4.69) is 4.99 Å². The van der Waals surface area contributed by atoms with Gasteiger partial charge in [-0.05, 0) is 61.9 Å². The summed E-state index contributed by atoms with van der Waals surface area (Å²) >= 11 is 13.6. The van der Waals surface area contributed by atoms with Gasteiger partial charge in [0.05, 0.1) is 33.5 Å². The first-order valence-electron chi connectivity index (χ1n) is 12.0. The molecule has 0 amide bonds. The topological polar surface area (TPSA) is 92.3 Å². The number of hydrogen-bond donors (Lipinski definition) is 0. The van der Waals surface area contributed by atoms with Gasteiger partial charge in [0.25, 0.3) is 5.56 Å². The van der Waals surface area contributed by atoms with E-state index in [9.17, 15) is 9.59 Å². The predicted molar refractivity (Wildman–Crippen MR) is 147 cm³/mol. The number of carbonyl (C=O) groups is 1. The summed E-state index contributed by atoms with van der Waals surface area (Å²) in [5.41, 5.74) is 1.79. The van der Waals surface area contributed by atoms with Gasteiger partial charge < -0.3 is 18.6 Å². The van der Waals surface area contributed by atoms with Crippen LogP contribution in [0.5, 0.6) is 11.5 Å². The van der Waals surface area contributed by atoms with Crippen LogP contribution in [0.25, 0.3) is 17.4 Å². The van der Waals surface area contributed by atoms with Gasteiger partial charge in [-0.3, -0.25) is 9.36 Å². The van der Waals surface area contributed by atoms with Gasteiger partial charge in [0.1, 0.15) is 11.5 Å². The monoisotopic (exact) mass is 582 g/mol. The van der Waals surface area contributed by atoms with Crippen LogP contribution in [0.4, 0.5) is 0 Å². The molecular formula is C28H20Cl2N2O6S. The van der Waals surface area contributed by atoms with Crippen molar-refractivity contribution in [2.45, 2.75) is 19.9 Å². The summed E-state index contributed by atoms with van der Waals surface area (Å²) in [6.07, 6.45) is 1.65. The van der Waals surface area contributed by atoms with E-state index in [1.54, 1.807) is 62.4 Å². The van der Waals surface area contributed by atoms with E-state index >= 15 is 0 Å². The Kier molecular flexibility index (Phi) is 6.58. The minimum atomic E-state index is -0.767. The lowest BCUT2D eigenvalue weighted by Crippen LogP contribution is -2.39. The molecule has 39 heavy (non-hydrogen) atoms. The highest BCUT2D eigenvalue weighted by Gasteiger charge is 2.34. The molecule has 0 saturated carbocycles. The molecule has 2 aromatic heterocycles. The number of rotatable bonds is 5. The number of hydrogen-bond acceptors (Lipinski definition) is 8. The van der Waals surface area contributed by atoms with Crippen LogP contribution < -0.4 is 24.4 Å². The second-order valence-corrected chi connectivity index (χ2v) is 10.6. The Morgan fingerprint density at radius 3 is 2.77 bits per heavy atom. The summed E-state index contributed by atoms with van der Waals surface area (Å²) in [6, 6.07) is 13.2. The van der Waals surface area contributed by atoms with Gasteiger partial charge in [-0.1, -0.05) is 40.6 Å². The van der Waals surface area contributed by atoms with Crippen LogP contribution >= 0.6 is 34.5 Å². The molecule has 11 heteroatoms. The lowest BCUT2D eigenvalue weighted by Gasteiger charge is -2.24. The Morgan fingerprint density at radius 2 is 1.97 bits per heavy atom. The first-order chi connectivity index (χ1) is 18.8. The Hall–Kier alpha value is -3.79. The fourth-order valence-corrected chi connectivity index (χ4v) is 6.11. The van der Waals surface area contributed by atoms with E-state index in [0.29, 0.717) is 59.2 Å². The number of allylic oxidation sites excluding steroid dienone is 1. The van der Waals surface area contributed by atoms with Crippen molar-refractivity contribution >= 4 is 46.6 Å². The highest BCUT2D eigenvalue weighted by Crippen LogP contribution is 2.38. The molecule has 1 atom stereocenters. The number of nitrogens with zero attached hydrogens (tertiary/aromatic N) is 2. The van der Waals surface area contributed by atoms with Crippen LogP contribution in [-0.4, -0.2) is 23.9 Å². The molecule has 0 aliphatic carbocycles. The van der Waals surface area contributed by atoms with Crippen LogP contribution in [-0.2, 0) is 9.53 Å². The number of ether oxygens (including phenoxy) is 3. The molecule has 2 aliphatic rings. The zero-order valence-corrected chi connectivity index (χ0v) is 23.0. The van der Waals surface area contributed by atoms with Crippen molar-refractivity contribution in [3.05, 3.63) is 101 Å². The second-order valence-electron chi connectivity index (χ2n) is 8.74. The van der Waals surface area contributed by atoms with E-state index in [1.807, 2.05) is 6.07 Å². The van der Waals surface area contributed by atoms with Crippen molar-refractivity contribution in [2.75, 3.05) is 13.4 Å². The number of carbonyl (C=O) groups excluding carboxylic acids is 1. The summed E-state index contributed by atoms with van der Waals surface area (Å²) in [4.78, 5) is 31.9. The van der Waals surface area contributed by atoms with Gasteiger partial charge in [0.15, 0.2) is 16.3 Å². The summed E-state index contributed by atoms with van der Waals surface area (Å²) in [5.74, 6) is 1.60. The summed E-state index contributed by atoms with van der Waals surface area (Å²) in [7, 11) is 0. The lowest BCUT2D eigenvalue weighted by atomic mass is 9.95. The van der Waals surface area contributed by atoms with Gasteiger partial charge in [0, 0.05) is 16.7 Å². The number of fused-ring (bicyclic) bond motifs is 2. The number of esters is 1. The van der Waals surface area contributed by atoms with Gasteiger partial charge in [-0.25, -0.2) is 9.79 Å². The SMILES string of the molecule is CCOC(=O)C1=C(C)N=c2s/c(=C\c3ccc(-c4ccc(Cl)cc4Cl)o3)c(=O)n2C1c1ccc2c(c1)OCO2. The predicted octanol–water partition coefficient (Wildman–Crippen LogP) is 5.09. The number of halogens is 2. The number of benzene rings is 2. The maximum Gasteiger partial charge on any atom is 0.338 e. The van der Waals surface area contributed by atoms with E-state index in [4.69, 9.17) is 41.8 Å². The van der Waals surface area contributed by atoms with E-state index in [-0.39, 0.29) is 24.5 Å². The molecule has 4 heterocycles. The second kappa shape index (κ2) is 10.1. The van der Waals surface area contributed by atoms with Crippen molar-refractivity contribution < 1.29 is 23.4 Å². The van der Waals surface area contributed by atoms with Crippen LogP contribution in [0.3, 0.4) is 0 Å². The molecule has 4 aromatic rings. The number of furan rings is 1. The molecule has 0 spiro atoms. The fraction of sp³-hybridized carbons (Fsp3) is 0.179. The Balaban J connectivity index is 1.48. The van der Waals surface area contributed by atoms with Crippen molar-refractivity contribution in [1.29, 1.82) is 0 Å². The highest BCUT2D eigenvalue weighted by atomic mass is 35.5. The van der Waals surface area contributed by atoms with Gasteiger partial charge >= 0.3 is 5.97 Å². The molecule has 8 nitrogen and oxygen atoms in total. The average molecular weight is 583 g/mol. The number of aromatic nitrogens is 1. The molecule has 2 aromatic carbocycles. The first-order valence-corrected chi connectivity index (χ1v) is 13.6. The molecule has 2 aliphatic heterocycles. The van der Waals surface area contributed by atoms with Crippen molar-refractivity contribution in [3.63, 3.8) is 0 Å². The van der Waals surface area contributed by atoms with Crippen LogP contribution in [0.15, 0.2) is 74.0 Å². The van der Waals surface area contributed by atoms with Gasteiger partial charge in [-0.15, -0.1) is 0 Å². The fourth-order valence-electron chi connectivity index (χ4n) is 4.58. The molecule has 0 fully saturated rings. The third-order valence-electron chi connectivity index (χ3n) is 6.33.